The molecule has 1 fully saturated rings. The minimum atomic E-state index is -1.75. The van der Waals surface area contributed by atoms with Crippen molar-refractivity contribution in [3.8, 4) is 0 Å². The Bertz CT molecular complexity index is 80.5. The molecule has 0 saturated carbocycles. The molecule has 1 aliphatic heterocycles. The van der Waals surface area contributed by atoms with Gasteiger partial charge < -0.3 is 0 Å². The van der Waals surface area contributed by atoms with Gasteiger partial charge in [0.15, 0.2) is 0 Å². The zero-order chi connectivity index (χ0) is 6.04. The normalized spacial score (nSPS) is 46.2. The molecule has 50 valence electrons. The van der Waals surface area contributed by atoms with E-state index in [1.165, 1.54) is 11.7 Å². The van der Waals surface area contributed by atoms with E-state index in [-0.39, 0.29) is 0 Å². The summed E-state index contributed by atoms with van der Waals surface area (Å²) in [6.07, 6.45) is 1.19. The molecule has 1 nitrogen and oxygen atoms in total. The Kier molecular flexibility index (Phi) is 2.21. The van der Waals surface area contributed by atoms with Crippen LogP contribution < -0.4 is 0 Å². The summed E-state index contributed by atoms with van der Waals surface area (Å²) in [5, 5.41) is 2.26. The van der Waals surface area contributed by atoms with E-state index >= 15 is 0 Å². The first-order valence-corrected chi connectivity index (χ1v) is 8.27. The van der Waals surface area contributed by atoms with Gasteiger partial charge in [0.05, 0.1) is 0 Å². The predicted octanol–water partition coefficient (Wildman–Crippen LogP) is 2.11. The Labute approximate surface area is 57.1 Å². The Morgan fingerprint density at radius 3 is 2.75 bits per heavy atom. The predicted molar refractivity (Wildman–Crippen MR) is 37.5 cm³/mol. The van der Waals surface area contributed by atoms with Crippen LogP contribution in [0.15, 0.2) is 0 Å². The summed E-state index contributed by atoms with van der Waals surface area (Å²) in [7, 11) is 6.09. The van der Waals surface area contributed by atoms with E-state index in [9.17, 15) is 0 Å². The average Bonchev–Trinajstić information content (AvgIpc) is 2.17. The molecule has 1 aliphatic rings. The second kappa shape index (κ2) is 2.57. The van der Waals surface area contributed by atoms with Crippen LogP contribution in [0, 0.1) is 0 Å². The SMILES string of the molecule is CC[Se]1(Cl)CCCO1. The molecule has 1 heterocycles. The van der Waals surface area contributed by atoms with Gasteiger partial charge in [-0.05, 0) is 0 Å². The van der Waals surface area contributed by atoms with Gasteiger partial charge in [-0.3, -0.25) is 0 Å². The van der Waals surface area contributed by atoms with Gasteiger partial charge in [0.1, 0.15) is 0 Å². The summed E-state index contributed by atoms with van der Waals surface area (Å²) < 4.78 is 5.41. The summed E-state index contributed by atoms with van der Waals surface area (Å²) in [4.78, 5) is 0. The van der Waals surface area contributed by atoms with Crippen LogP contribution in [0.3, 0.4) is 0 Å². The van der Waals surface area contributed by atoms with Gasteiger partial charge in [0.25, 0.3) is 0 Å². The van der Waals surface area contributed by atoms with Crippen LogP contribution in [0.2, 0.25) is 10.6 Å². The van der Waals surface area contributed by atoms with E-state index in [2.05, 4.69) is 6.92 Å². The molecule has 0 aliphatic carbocycles. The summed E-state index contributed by atoms with van der Waals surface area (Å²) in [5.41, 5.74) is 0. The summed E-state index contributed by atoms with van der Waals surface area (Å²) >= 11 is -1.75. The van der Waals surface area contributed by atoms with Gasteiger partial charge in [-0.25, -0.2) is 0 Å². The standard InChI is InChI=1S/C5H11ClOSe/c1-2-8(6)5-3-4-7-8/h2-5H2,1H3. The van der Waals surface area contributed by atoms with Crippen molar-refractivity contribution in [1.82, 2.24) is 0 Å². The van der Waals surface area contributed by atoms with Crippen molar-refractivity contribution in [2.24, 2.45) is 0 Å². The molecule has 0 aromatic heterocycles. The monoisotopic (exact) mass is 202 g/mol. The minimum absolute atomic E-state index is 0.914. The summed E-state index contributed by atoms with van der Waals surface area (Å²) in [6, 6.07) is 0. The van der Waals surface area contributed by atoms with Crippen molar-refractivity contribution in [3.05, 3.63) is 0 Å². The third-order valence-electron chi connectivity index (χ3n) is 1.32. The topological polar surface area (TPSA) is 9.23 Å². The van der Waals surface area contributed by atoms with Crippen LogP contribution in [0.5, 0.6) is 0 Å². The molecular formula is C5H11ClOSe. The van der Waals surface area contributed by atoms with Gasteiger partial charge in [-0.15, -0.1) is 0 Å². The van der Waals surface area contributed by atoms with E-state index in [4.69, 9.17) is 13.9 Å². The Balaban J connectivity index is 2.40. The quantitative estimate of drug-likeness (QED) is 0.591. The van der Waals surface area contributed by atoms with Crippen LogP contribution in [0.4, 0.5) is 0 Å². The molecule has 8 heavy (non-hydrogen) atoms. The molecule has 0 amide bonds. The molecule has 0 aromatic carbocycles. The molecule has 0 radical (unpaired) electrons. The van der Waals surface area contributed by atoms with Crippen LogP contribution in [0.25, 0.3) is 0 Å². The Morgan fingerprint density at radius 1 is 1.75 bits per heavy atom. The second-order valence-electron chi connectivity index (χ2n) is 1.89. The first-order chi connectivity index (χ1) is 3.77. The maximum atomic E-state index is 6.09. The van der Waals surface area contributed by atoms with Gasteiger partial charge >= 0.3 is 56.8 Å². The van der Waals surface area contributed by atoms with Crippen molar-refractivity contribution < 1.29 is 3.82 Å². The van der Waals surface area contributed by atoms with E-state index in [1.54, 1.807) is 0 Å². The first kappa shape index (κ1) is 6.88. The molecule has 1 rings (SSSR count). The average molecular weight is 202 g/mol. The number of halogens is 1. The molecule has 1 unspecified atom stereocenters. The second-order valence-corrected chi connectivity index (χ2v) is 10.4. The van der Waals surface area contributed by atoms with Crippen molar-refractivity contribution in [3.63, 3.8) is 0 Å². The van der Waals surface area contributed by atoms with Crippen LogP contribution >= 0.6 is 10.1 Å². The third-order valence-corrected chi connectivity index (χ3v) is 8.65. The Hall–Kier alpha value is 0.769. The van der Waals surface area contributed by atoms with Crippen molar-refractivity contribution in [2.45, 2.75) is 24.0 Å². The number of hydrogen-bond acceptors (Lipinski definition) is 1. The molecule has 0 spiro atoms. The van der Waals surface area contributed by atoms with Gasteiger partial charge in [-0.2, -0.15) is 0 Å². The van der Waals surface area contributed by atoms with Crippen LogP contribution in [-0.2, 0) is 3.82 Å². The van der Waals surface area contributed by atoms with E-state index < -0.39 is 12.3 Å². The Morgan fingerprint density at radius 2 is 2.50 bits per heavy atom. The molecule has 0 N–H and O–H groups in total. The summed E-state index contributed by atoms with van der Waals surface area (Å²) in [5.74, 6) is 0. The molecule has 3 heteroatoms. The maximum absolute atomic E-state index is 6.09. The fourth-order valence-corrected chi connectivity index (χ4v) is 4.89. The van der Waals surface area contributed by atoms with Crippen LogP contribution in [0.1, 0.15) is 13.3 Å². The fourth-order valence-electron chi connectivity index (χ4n) is 0.769. The van der Waals surface area contributed by atoms with E-state index in [0.29, 0.717) is 0 Å². The molecule has 1 saturated heterocycles. The van der Waals surface area contributed by atoms with E-state index in [1.807, 2.05) is 0 Å². The van der Waals surface area contributed by atoms with Crippen LogP contribution in [-0.4, -0.2) is 18.9 Å². The van der Waals surface area contributed by atoms with Crippen molar-refractivity contribution in [2.75, 3.05) is 6.61 Å². The van der Waals surface area contributed by atoms with Gasteiger partial charge in [0, 0.05) is 0 Å². The number of rotatable bonds is 1. The first-order valence-electron chi connectivity index (χ1n) is 2.89. The zero-order valence-corrected chi connectivity index (χ0v) is 7.49. The molecule has 1 atom stereocenters. The molecule has 0 aromatic rings. The fraction of sp³-hybridized carbons (Fsp3) is 1.00. The zero-order valence-electron chi connectivity index (χ0n) is 5.02. The molecule has 0 bridgehead atoms. The van der Waals surface area contributed by atoms with Crippen molar-refractivity contribution in [1.29, 1.82) is 0 Å². The number of hydrogen-bond donors (Lipinski definition) is 0. The third kappa shape index (κ3) is 1.38. The summed E-state index contributed by atoms with van der Waals surface area (Å²) in [6.45, 7) is 3.04. The van der Waals surface area contributed by atoms with Gasteiger partial charge in [-0.1, -0.05) is 0 Å². The van der Waals surface area contributed by atoms with E-state index in [0.717, 1.165) is 11.9 Å². The van der Waals surface area contributed by atoms with Crippen molar-refractivity contribution >= 4 is 22.4 Å². The molecular weight excluding hydrogens is 190 g/mol. The van der Waals surface area contributed by atoms with Gasteiger partial charge in [0.2, 0.25) is 0 Å².